The fourth-order valence-corrected chi connectivity index (χ4v) is 1.19. The molecule has 6 heteroatoms. The van der Waals surface area contributed by atoms with Crippen LogP contribution in [0.15, 0.2) is 23.2 Å². The van der Waals surface area contributed by atoms with E-state index in [1.54, 1.807) is 27.3 Å². The first kappa shape index (κ1) is 12.1. The van der Waals surface area contributed by atoms with Gasteiger partial charge in [-0.3, -0.25) is 10.4 Å². The summed E-state index contributed by atoms with van der Waals surface area (Å²) in [6.45, 7) is 0. The lowest BCUT2D eigenvalue weighted by molar-refractivity contribution is 0.395. The van der Waals surface area contributed by atoms with Gasteiger partial charge in [-0.15, -0.1) is 0 Å². The van der Waals surface area contributed by atoms with Crippen molar-refractivity contribution >= 4 is 11.6 Å². The second kappa shape index (κ2) is 5.82. The molecule has 4 N–H and O–H groups in total. The van der Waals surface area contributed by atoms with E-state index in [1.165, 1.54) is 0 Å². The van der Waals surface area contributed by atoms with Crippen molar-refractivity contribution in [2.75, 3.05) is 26.6 Å². The molecule has 0 aliphatic heterocycles. The Morgan fingerprint density at radius 3 is 2.56 bits per heavy atom. The Hall–Kier alpha value is -1.95. The lowest BCUT2D eigenvalue weighted by Crippen LogP contribution is -2.36. The van der Waals surface area contributed by atoms with E-state index in [0.717, 1.165) is 11.4 Å². The highest BCUT2D eigenvalue weighted by atomic mass is 16.5. The van der Waals surface area contributed by atoms with Gasteiger partial charge in [0.2, 0.25) is 5.96 Å². The van der Waals surface area contributed by atoms with Gasteiger partial charge in [-0.05, 0) is 12.1 Å². The number of benzene rings is 1. The summed E-state index contributed by atoms with van der Waals surface area (Å²) < 4.78 is 10.3. The smallest absolute Gasteiger partial charge is 0.210 e. The lowest BCUT2D eigenvalue weighted by Gasteiger charge is -2.13. The van der Waals surface area contributed by atoms with E-state index >= 15 is 0 Å². The monoisotopic (exact) mass is 224 g/mol. The molecule has 0 unspecified atom stereocenters. The molecule has 0 heterocycles. The predicted octanol–water partition coefficient (Wildman–Crippen LogP) is 0.565. The predicted molar refractivity (Wildman–Crippen MR) is 63.9 cm³/mol. The second-order valence-electron chi connectivity index (χ2n) is 2.91. The Morgan fingerprint density at radius 1 is 1.31 bits per heavy atom. The van der Waals surface area contributed by atoms with E-state index in [2.05, 4.69) is 15.7 Å². The van der Waals surface area contributed by atoms with Crippen LogP contribution < -0.4 is 26.1 Å². The second-order valence-corrected chi connectivity index (χ2v) is 2.91. The van der Waals surface area contributed by atoms with Gasteiger partial charge >= 0.3 is 0 Å². The van der Waals surface area contributed by atoms with Gasteiger partial charge in [0, 0.05) is 13.1 Å². The number of anilines is 1. The molecule has 0 fully saturated rings. The van der Waals surface area contributed by atoms with E-state index in [0.29, 0.717) is 11.7 Å². The van der Waals surface area contributed by atoms with Crippen LogP contribution in [-0.2, 0) is 0 Å². The van der Waals surface area contributed by atoms with Gasteiger partial charge in [0.15, 0.2) is 0 Å². The minimum atomic E-state index is 0.448. The summed E-state index contributed by atoms with van der Waals surface area (Å²) in [4.78, 5) is 3.90. The Labute approximate surface area is 94.4 Å². The Kier molecular flexibility index (Phi) is 4.41. The number of hydrazine groups is 1. The van der Waals surface area contributed by atoms with Crippen molar-refractivity contribution < 1.29 is 9.47 Å². The number of ether oxygens (including phenoxy) is 2. The third-order valence-corrected chi connectivity index (χ3v) is 2.02. The Balaban J connectivity index is 2.95. The minimum Gasteiger partial charge on any atom is -0.497 e. The van der Waals surface area contributed by atoms with Crippen molar-refractivity contribution in [2.45, 2.75) is 0 Å². The van der Waals surface area contributed by atoms with Gasteiger partial charge in [-0.2, -0.15) is 0 Å². The van der Waals surface area contributed by atoms with Gasteiger partial charge in [0.25, 0.3) is 0 Å². The number of hydrogen-bond donors (Lipinski definition) is 3. The van der Waals surface area contributed by atoms with Crippen LogP contribution in [0.1, 0.15) is 0 Å². The van der Waals surface area contributed by atoms with E-state index in [9.17, 15) is 0 Å². The third kappa shape index (κ3) is 2.77. The highest BCUT2D eigenvalue weighted by Crippen LogP contribution is 2.28. The van der Waals surface area contributed by atoms with Crippen LogP contribution >= 0.6 is 0 Å². The number of hydrogen-bond acceptors (Lipinski definition) is 4. The van der Waals surface area contributed by atoms with E-state index in [1.807, 2.05) is 12.1 Å². The molecule has 0 saturated carbocycles. The fraction of sp³-hybridized carbons (Fsp3) is 0.300. The molecule has 0 bridgehead atoms. The van der Waals surface area contributed by atoms with Gasteiger partial charge in [0.1, 0.15) is 11.5 Å². The average Bonchev–Trinajstić information content (AvgIpc) is 2.35. The van der Waals surface area contributed by atoms with Crippen molar-refractivity contribution in [3.05, 3.63) is 18.2 Å². The summed E-state index contributed by atoms with van der Waals surface area (Å²) in [5.74, 6) is 7.09. The zero-order chi connectivity index (χ0) is 12.0. The molecule has 1 rings (SSSR count). The summed E-state index contributed by atoms with van der Waals surface area (Å²) in [6, 6.07) is 5.40. The molecule has 0 spiro atoms. The van der Waals surface area contributed by atoms with Gasteiger partial charge in [-0.25, -0.2) is 5.84 Å². The first-order valence-electron chi connectivity index (χ1n) is 4.67. The molecule has 1 aromatic rings. The molecule has 1 aromatic carbocycles. The number of nitrogens with two attached hydrogens (primary N) is 1. The maximum Gasteiger partial charge on any atom is 0.210 e. The molecule has 88 valence electrons. The fourth-order valence-electron chi connectivity index (χ4n) is 1.19. The maximum atomic E-state index is 5.27. The van der Waals surface area contributed by atoms with Gasteiger partial charge in [-0.1, -0.05) is 0 Å². The standard InChI is InChI=1S/C10H16N4O2/c1-12-10(14-11)13-8-5-4-7(15-2)6-9(8)16-3/h4-6H,11H2,1-3H3,(H2,12,13,14). The zero-order valence-corrected chi connectivity index (χ0v) is 9.57. The van der Waals surface area contributed by atoms with E-state index < -0.39 is 0 Å². The topological polar surface area (TPSA) is 80.9 Å². The summed E-state index contributed by atoms with van der Waals surface area (Å²) in [6.07, 6.45) is 0. The zero-order valence-electron chi connectivity index (χ0n) is 9.57. The van der Waals surface area contributed by atoms with Crippen LogP contribution in [0.2, 0.25) is 0 Å². The highest BCUT2D eigenvalue weighted by molar-refractivity contribution is 5.94. The molecule has 0 aliphatic rings. The Morgan fingerprint density at radius 2 is 2.06 bits per heavy atom. The molecule has 0 atom stereocenters. The molecule has 16 heavy (non-hydrogen) atoms. The molecular formula is C10H16N4O2. The Bertz CT molecular complexity index is 379. The summed E-state index contributed by atoms with van der Waals surface area (Å²) in [5, 5.41) is 2.98. The van der Waals surface area contributed by atoms with Crippen molar-refractivity contribution in [2.24, 2.45) is 10.8 Å². The lowest BCUT2D eigenvalue weighted by atomic mass is 10.2. The molecule has 0 saturated heterocycles. The summed E-state index contributed by atoms with van der Waals surface area (Å²) in [7, 11) is 4.80. The van der Waals surface area contributed by atoms with E-state index in [-0.39, 0.29) is 0 Å². The summed E-state index contributed by atoms with van der Waals surface area (Å²) in [5.41, 5.74) is 3.18. The average molecular weight is 224 g/mol. The number of nitrogens with one attached hydrogen (secondary N) is 2. The van der Waals surface area contributed by atoms with Crippen LogP contribution in [0.3, 0.4) is 0 Å². The SMILES string of the molecule is CN=C(NN)Nc1ccc(OC)cc1OC. The van der Waals surface area contributed by atoms with Crippen molar-refractivity contribution in [3.63, 3.8) is 0 Å². The number of nitrogens with zero attached hydrogens (tertiary/aromatic N) is 1. The molecule has 6 nitrogen and oxygen atoms in total. The normalized spacial score (nSPS) is 10.9. The summed E-state index contributed by atoms with van der Waals surface area (Å²) >= 11 is 0. The van der Waals surface area contributed by atoms with Crippen molar-refractivity contribution in [1.29, 1.82) is 0 Å². The van der Waals surface area contributed by atoms with Gasteiger partial charge in [0.05, 0.1) is 19.9 Å². The number of rotatable bonds is 3. The van der Waals surface area contributed by atoms with Gasteiger partial charge < -0.3 is 14.8 Å². The first-order valence-corrected chi connectivity index (χ1v) is 4.67. The maximum absolute atomic E-state index is 5.27. The van der Waals surface area contributed by atoms with Crippen molar-refractivity contribution in [3.8, 4) is 11.5 Å². The van der Waals surface area contributed by atoms with Crippen LogP contribution in [0, 0.1) is 0 Å². The number of aliphatic imine (C=N–C) groups is 1. The van der Waals surface area contributed by atoms with Crippen LogP contribution in [0.25, 0.3) is 0 Å². The highest BCUT2D eigenvalue weighted by Gasteiger charge is 2.06. The van der Waals surface area contributed by atoms with E-state index in [4.69, 9.17) is 15.3 Å². The molecule has 0 radical (unpaired) electrons. The molecule has 0 aromatic heterocycles. The number of guanidine groups is 1. The number of methoxy groups -OCH3 is 2. The molecule has 0 amide bonds. The van der Waals surface area contributed by atoms with Crippen LogP contribution in [0.5, 0.6) is 11.5 Å². The quantitative estimate of drug-likeness (QED) is 0.302. The van der Waals surface area contributed by atoms with Crippen LogP contribution in [-0.4, -0.2) is 27.2 Å². The molecular weight excluding hydrogens is 208 g/mol. The first-order chi connectivity index (χ1) is 7.74. The largest absolute Gasteiger partial charge is 0.497 e. The minimum absolute atomic E-state index is 0.448. The van der Waals surface area contributed by atoms with Crippen molar-refractivity contribution in [1.82, 2.24) is 5.43 Å². The third-order valence-electron chi connectivity index (χ3n) is 2.02. The molecule has 0 aliphatic carbocycles. The van der Waals surface area contributed by atoms with Crippen LogP contribution in [0.4, 0.5) is 5.69 Å².